The van der Waals surface area contributed by atoms with Crippen molar-refractivity contribution in [3.63, 3.8) is 0 Å². The van der Waals surface area contributed by atoms with Gasteiger partial charge in [0.05, 0.1) is 6.54 Å². The second-order valence-electron chi connectivity index (χ2n) is 6.11. The highest BCUT2D eigenvalue weighted by Crippen LogP contribution is 2.18. The number of carbonyl (C=O) groups is 1. The number of carbonyl (C=O) groups excluding carboxylic acids is 1. The van der Waals surface area contributed by atoms with Crippen LogP contribution in [0.2, 0.25) is 0 Å². The molecule has 2 unspecified atom stereocenters. The molecule has 0 aromatic heterocycles. The molecule has 1 amide bonds. The van der Waals surface area contributed by atoms with Crippen molar-refractivity contribution in [1.29, 1.82) is 0 Å². The minimum Gasteiger partial charge on any atom is -0.336 e. The second kappa shape index (κ2) is 6.20. The molecule has 2 N–H and O–H groups in total. The van der Waals surface area contributed by atoms with Crippen molar-refractivity contribution in [3.8, 4) is 0 Å². The van der Waals surface area contributed by atoms with Crippen molar-refractivity contribution in [2.24, 2.45) is 0 Å². The minimum atomic E-state index is 0.289. The van der Waals surface area contributed by atoms with E-state index in [9.17, 15) is 4.79 Å². The molecule has 3 aliphatic rings. The Labute approximate surface area is 115 Å². The summed E-state index contributed by atoms with van der Waals surface area (Å²) in [5.41, 5.74) is 0. The number of piperazine rings is 1. The molecule has 5 nitrogen and oxygen atoms in total. The average Bonchev–Trinajstić information content (AvgIpc) is 2.92. The van der Waals surface area contributed by atoms with Crippen molar-refractivity contribution >= 4 is 5.91 Å². The summed E-state index contributed by atoms with van der Waals surface area (Å²) >= 11 is 0. The molecular weight excluding hydrogens is 240 g/mol. The van der Waals surface area contributed by atoms with Gasteiger partial charge in [0.1, 0.15) is 0 Å². The molecule has 108 valence electrons. The molecule has 3 fully saturated rings. The van der Waals surface area contributed by atoms with E-state index < -0.39 is 0 Å². The molecule has 0 saturated carbocycles. The fraction of sp³-hybridized carbons (Fsp3) is 0.929. The molecule has 3 aliphatic heterocycles. The molecule has 0 radical (unpaired) electrons. The lowest BCUT2D eigenvalue weighted by atomic mass is 10.0. The van der Waals surface area contributed by atoms with Crippen LogP contribution in [-0.2, 0) is 4.79 Å². The number of rotatable bonds is 3. The van der Waals surface area contributed by atoms with Gasteiger partial charge in [0.2, 0.25) is 5.91 Å². The third-order valence-electron chi connectivity index (χ3n) is 4.69. The largest absolute Gasteiger partial charge is 0.336 e. The van der Waals surface area contributed by atoms with E-state index in [1.807, 2.05) is 0 Å². The van der Waals surface area contributed by atoms with Crippen LogP contribution >= 0.6 is 0 Å². The lowest BCUT2D eigenvalue weighted by Crippen LogP contribution is -2.57. The monoisotopic (exact) mass is 266 g/mol. The maximum atomic E-state index is 12.0. The SMILES string of the molecule is O=C1CNCCN1C1CCCN(CC2CCCN2)C1. The number of likely N-dealkylation sites (tertiary alicyclic amines) is 1. The van der Waals surface area contributed by atoms with Gasteiger partial charge in [0.25, 0.3) is 0 Å². The van der Waals surface area contributed by atoms with E-state index in [1.165, 1.54) is 38.8 Å². The van der Waals surface area contributed by atoms with Crippen LogP contribution in [0.1, 0.15) is 25.7 Å². The lowest BCUT2D eigenvalue weighted by Gasteiger charge is -2.41. The predicted octanol–water partition coefficient (Wildman–Crippen LogP) is -0.365. The van der Waals surface area contributed by atoms with Crippen molar-refractivity contribution in [1.82, 2.24) is 20.4 Å². The highest BCUT2D eigenvalue weighted by molar-refractivity contribution is 5.79. The number of nitrogens with one attached hydrogen (secondary N) is 2. The zero-order valence-corrected chi connectivity index (χ0v) is 11.7. The third kappa shape index (κ3) is 3.27. The fourth-order valence-corrected chi connectivity index (χ4v) is 3.68. The van der Waals surface area contributed by atoms with Crippen LogP contribution in [0.25, 0.3) is 0 Å². The van der Waals surface area contributed by atoms with Gasteiger partial charge in [-0.1, -0.05) is 0 Å². The lowest BCUT2D eigenvalue weighted by molar-refractivity contribution is -0.135. The molecule has 0 bridgehead atoms. The summed E-state index contributed by atoms with van der Waals surface area (Å²) in [6.07, 6.45) is 5.04. The van der Waals surface area contributed by atoms with Gasteiger partial charge in [0, 0.05) is 38.3 Å². The first-order chi connectivity index (χ1) is 9.33. The van der Waals surface area contributed by atoms with E-state index in [4.69, 9.17) is 0 Å². The van der Waals surface area contributed by atoms with Gasteiger partial charge in [-0.05, 0) is 38.8 Å². The molecule has 19 heavy (non-hydrogen) atoms. The maximum Gasteiger partial charge on any atom is 0.236 e. The standard InChI is InChI=1S/C14H26N4O/c19-14-9-15-6-8-18(14)13-4-2-7-17(11-13)10-12-3-1-5-16-12/h12-13,15-16H,1-11H2. The van der Waals surface area contributed by atoms with Crippen LogP contribution in [0.4, 0.5) is 0 Å². The molecule has 3 saturated heterocycles. The van der Waals surface area contributed by atoms with E-state index in [-0.39, 0.29) is 5.91 Å². The van der Waals surface area contributed by atoms with Crippen LogP contribution in [0.3, 0.4) is 0 Å². The van der Waals surface area contributed by atoms with E-state index in [0.29, 0.717) is 18.6 Å². The van der Waals surface area contributed by atoms with Gasteiger partial charge in [0.15, 0.2) is 0 Å². The Morgan fingerprint density at radius 1 is 1.16 bits per heavy atom. The van der Waals surface area contributed by atoms with Crippen LogP contribution in [0, 0.1) is 0 Å². The van der Waals surface area contributed by atoms with Gasteiger partial charge < -0.3 is 15.5 Å². The number of amides is 1. The Morgan fingerprint density at radius 3 is 2.89 bits per heavy atom. The van der Waals surface area contributed by atoms with Crippen molar-refractivity contribution in [3.05, 3.63) is 0 Å². The van der Waals surface area contributed by atoms with E-state index in [1.54, 1.807) is 0 Å². The molecule has 3 heterocycles. The van der Waals surface area contributed by atoms with Crippen LogP contribution < -0.4 is 10.6 Å². The average molecular weight is 266 g/mol. The first-order valence-corrected chi connectivity index (χ1v) is 7.79. The number of hydrogen-bond donors (Lipinski definition) is 2. The fourth-order valence-electron chi connectivity index (χ4n) is 3.68. The second-order valence-corrected chi connectivity index (χ2v) is 6.11. The summed E-state index contributed by atoms with van der Waals surface area (Å²) in [4.78, 5) is 16.7. The zero-order chi connectivity index (χ0) is 13.1. The summed E-state index contributed by atoms with van der Waals surface area (Å²) in [6, 6.07) is 1.13. The number of nitrogens with zero attached hydrogens (tertiary/aromatic N) is 2. The molecular formula is C14H26N4O. The number of piperidine rings is 1. The molecule has 2 atom stereocenters. The third-order valence-corrected chi connectivity index (χ3v) is 4.69. The smallest absolute Gasteiger partial charge is 0.236 e. The van der Waals surface area contributed by atoms with E-state index in [2.05, 4.69) is 20.4 Å². The van der Waals surface area contributed by atoms with Gasteiger partial charge >= 0.3 is 0 Å². The first kappa shape index (κ1) is 13.3. The maximum absolute atomic E-state index is 12.0. The molecule has 0 aromatic rings. The Bertz CT molecular complexity index is 317. The topological polar surface area (TPSA) is 47.6 Å². The normalized spacial score (nSPS) is 33.9. The van der Waals surface area contributed by atoms with E-state index >= 15 is 0 Å². The minimum absolute atomic E-state index is 0.289. The highest BCUT2D eigenvalue weighted by Gasteiger charge is 2.30. The Hall–Kier alpha value is -0.650. The van der Waals surface area contributed by atoms with Crippen LogP contribution in [0.5, 0.6) is 0 Å². The van der Waals surface area contributed by atoms with Gasteiger partial charge in [-0.3, -0.25) is 9.69 Å². The zero-order valence-electron chi connectivity index (χ0n) is 11.7. The summed E-state index contributed by atoms with van der Waals surface area (Å²) in [5.74, 6) is 0.289. The Balaban J connectivity index is 1.53. The summed E-state index contributed by atoms with van der Waals surface area (Å²) in [7, 11) is 0. The van der Waals surface area contributed by atoms with Crippen molar-refractivity contribution in [2.45, 2.75) is 37.8 Å². The van der Waals surface area contributed by atoms with Gasteiger partial charge in [-0.15, -0.1) is 0 Å². The summed E-state index contributed by atoms with van der Waals surface area (Å²) in [6.45, 7) is 6.99. The predicted molar refractivity (Wildman–Crippen MR) is 75.1 cm³/mol. The first-order valence-electron chi connectivity index (χ1n) is 7.79. The molecule has 0 aromatic carbocycles. The number of hydrogen-bond acceptors (Lipinski definition) is 4. The van der Waals surface area contributed by atoms with Crippen LogP contribution in [0.15, 0.2) is 0 Å². The molecule has 3 rings (SSSR count). The molecule has 0 aliphatic carbocycles. The Kier molecular flexibility index (Phi) is 4.35. The summed E-state index contributed by atoms with van der Waals surface area (Å²) < 4.78 is 0. The molecule has 5 heteroatoms. The van der Waals surface area contributed by atoms with Gasteiger partial charge in [-0.25, -0.2) is 0 Å². The van der Waals surface area contributed by atoms with Gasteiger partial charge in [-0.2, -0.15) is 0 Å². The highest BCUT2D eigenvalue weighted by atomic mass is 16.2. The molecule has 0 spiro atoms. The summed E-state index contributed by atoms with van der Waals surface area (Å²) in [5, 5.41) is 6.73. The van der Waals surface area contributed by atoms with E-state index in [0.717, 1.165) is 26.2 Å². The quantitative estimate of drug-likeness (QED) is 0.732. The van der Waals surface area contributed by atoms with Crippen LogP contribution in [-0.4, -0.2) is 73.6 Å². The van der Waals surface area contributed by atoms with Crippen molar-refractivity contribution in [2.75, 3.05) is 45.8 Å². The van der Waals surface area contributed by atoms with Crippen molar-refractivity contribution < 1.29 is 4.79 Å². The Morgan fingerprint density at radius 2 is 2.11 bits per heavy atom.